The Morgan fingerprint density at radius 3 is 2.76 bits per heavy atom. The van der Waals surface area contributed by atoms with E-state index in [-0.39, 0.29) is 24.0 Å². The van der Waals surface area contributed by atoms with Gasteiger partial charge >= 0.3 is 0 Å². The summed E-state index contributed by atoms with van der Waals surface area (Å²) in [5, 5.41) is 7.56. The molecule has 0 bridgehead atoms. The van der Waals surface area contributed by atoms with Crippen molar-refractivity contribution in [3.05, 3.63) is 35.9 Å². The lowest BCUT2D eigenvalue weighted by atomic mass is 10.2. The Balaban J connectivity index is 0.00000312. The van der Waals surface area contributed by atoms with Gasteiger partial charge in [-0.3, -0.25) is 4.99 Å². The molecule has 4 nitrogen and oxygen atoms in total. The number of nitrogens with zero attached hydrogens (tertiary/aromatic N) is 1. The van der Waals surface area contributed by atoms with E-state index in [1.54, 1.807) is 0 Å². The Morgan fingerprint density at radius 2 is 2.04 bits per heavy atom. The topological polar surface area (TPSA) is 45.7 Å². The average molecular weight is 477 g/mol. The van der Waals surface area contributed by atoms with Gasteiger partial charge in [0, 0.05) is 32.0 Å². The summed E-state index contributed by atoms with van der Waals surface area (Å²) in [6.07, 6.45) is 5.86. The van der Waals surface area contributed by atoms with E-state index in [9.17, 15) is 0 Å². The average Bonchev–Trinajstić information content (AvgIpc) is 3.14. The normalized spacial score (nSPS) is 17.2. The standard InChI is InChI=1S/C19H31N3OS.HI/c1-20-19(22-16-18-10-7-15-24-18)21-12-5-6-13-23-14-11-17-8-3-2-4-9-17;/h2-4,8-9,18H,5-7,10-16H2,1H3,(H2,20,21,22);1H. The molecular formula is C19H32IN3OS. The van der Waals surface area contributed by atoms with E-state index in [1.165, 1.54) is 24.2 Å². The lowest BCUT2D eigenvalue weighted by Crippen LogP contribution is -2.40. The molecular weight excluding hydrogens is 445 g/mol. The second-order valence-electron chi connectivity index (χ2n) is 6.07. The SMILES string of the molecule is CN=C(NCCCCOCCc1ccccc1)NCC1CCCS1.I. The van der Waals surface area contributed by atoms with Crippen LogP contribution in [0.15, 0.2) is 35.3 Å². The fraction of sp³-hybridized carbons (Fsp3) is 0.632. The quantitative estimate of drug-likeness (QED) is 0.234. The molecule has 0 aliphatic carbocycles. The summed E-state index contributed by atoms with van der Waals surface area (Å²) in [7, 11) is 1.84. The number of thioether (sulfide) groups is 1. The molecule has 0 spiro atoms. The number of rotatable bonds is 10. The summed E-state index contributed by atoms with van der Waals surface area (Å²) in [6.45, 7) is 3.60. The number of hydrogen-bond donors (Lipinski definition) is 2. The predicted octanol–water partition coefficient (Wildman–Crippen LogP) is 3.70. The summed E-state index contributed by atoms with van der Waals surface area (Å²) < 4.78 is 5.71. The van der Waals surface area contributed by atoms with Crippen LogP contribution in [-0.4, -0.2) is 50.3 Å². The summed E-state index contributed by atoms with van der Waals surface area (Å²) in [6, 6.07) is 10.5. The van der Waals surface area contributed by atoms with Crippen LogP contribution in [0.25, 0.3) is 0 Å². The number of halogens is 1. The molecule has 1 aromatic carbocycles. The lowest BCUT2D eigenvalue weighted by molar-refractivity contribution is 0.133. The molecule has 1 aliphatic heterocycles. The van der Waals surface area contributed by atoms with Crippen LogP contribution in [0.4, 0.5) is 0 Å². The Morgan fingerprint density at radius 1 is 1.20 bits per heavy atom. The van der Waals surface area contributed by atoms with Gasteiger partial charge in [0.1, 0.15) is 0 Å². The highest BCUT2D eigenvalue weighted by molar-refractivity contribution is 14.0. The van der Waals surface area contributed by atoms with Gasteiger partial charge in [0.15, 0.2) is 5.96 Å². The summed E-state index contributed by atoms with van der Waals surface area (Å²) in [4.78, 5) is 4.28. The van der Waals surface area contributed by atoms with Crippen molar-refractivity contribution < 1.29 is 4.74 Å². The first kappa shape index (κ1) is 22.6. The van der Waals surface area contributed by atoms with Crippen LogP contribution in [0.2, 0.25) is 0 Å². The summed E-state index contributed by atoms with van der Waals surface area (Å²) in [5.41, 5.74) is 1.34. The molecule has 25 heavy (non-hydrogen) atoms. The molecule has 1 saturated heterocycles. The fourth-order valence-electron chi connectivity index (χ4n) is 2.71. The molecule has 2 N–H and O–H groups in total. The van der Waals surface area contributed by atoms with Crippen LogP contribution in [0.5, 0.6) is 0 Å². The molecule has 0 amide bonds. The van der Waals surface area contributed by atoms with Gasteiger partial charge in [-0.2, -0.15) is 11.8 Å². The maximum absolute atomic E-state index is 5.71. The third kappa shape index (κ3) is 10.3. The van der Waals surface area contributed by atoms with Crippen molar-refractivity contribution in [2.24, 2.45) is 4.99 Å². The largest absolute Gasteiger partial charge is 0.381 e. The highest BCUT2D eigenvalue weighted by atomic mass is 127. The highest BCUT2D eigenvalue weighted by Gasteiger charge is 2.15. The Bertz CT molecular complexity index is 467. The zero-order chi connectivity index (χ0) is 16.9. The van der Waals surface area contributed by atoms with E-state index in [0.717, 1.165) is 56.8 Å². The summed E-state index contributed by atoms with van der Waals surface area (Å²) >= 11 is 2.07. The van der Waals surface area contributed by atoms with Gasteiger partial charge < -0.3 is 15.4 Å². The number of nitrogens with one attached hydrogen (secondary N) is 2. The van der Waals surface area contributed by atoms with E-state index in [1.807, 2.05) is 13.1 Å². The van der Waals surface area contributed by atoms with Crippen molar-refractivity contribution in [1.29, 1.82) is 0 Å². The number of guanidine groups is 1. The zero-order valence-electron chi connectivity index (χ0n) is 15.2. The predicted molar refractivity (Wildman–Crippen MR) is 120 cm³/mol. The van der Waals surface area contributed by atoms with Gasteiger partial charge in [-0.25, -0.2) is 0 Å². The molecule has 1 atom stereocenters. The van der Waals surface area contributed by atoms with Gasteiger partial charge in [-0.05, 0) is 43.4 Å². The first-order valence-corrected chi connectivity index (χ1v) is 10.1. The van der Waals surface area contributed by atoms with E-state index >= 15 is 0 Å². The van der Waals surface area contributed by atoms with E-state index in [0.29, 0.717) is 0 Å². The monoisotopic (exact) mass is 477 g/mol. The first-order valence-electron chi connectivity index (χ1n) is 9.06. The molecule has 1 aliphatic rings. The third-order valence-electron chi connectivity index (χ3n) is 4.13. The first-order chi connectivity index (χ1) is 11.9. The van der Waals surface area contributed by atoms with Crippen LogP contribution in [-0.2, 0) is 11.2 Å². The van der Waals surface area contributed by atoms with Crippen LogP contribution in [0.1, 0.15) is 31.2 Å². The molecule has 6 heteroatoms. The fourth-order valence-corrected chi connectivity index (χ4v) is 3.91. The third-order valence-corrected chi connectivity index (χ3v) is 5.53. The maximum atomic E-state index is 5.71. The molecule has 2 rings (SSSR count). The number of hydrogen-bond acceptors (Lipinski definition) is 3. The molecule has 1 heterocycles. The zero-order valence-corrected chi connectivity index (χ0v) is 18.4. The van der Waals surface area contributed by atoms with Gasteiger partial charge in [-0.15, -0.1) is 24.0 Å². The van der Waals surface area contributed by atoms with E-state index in [4.69, 9.17) is 4.74 Å². The van der Waals surface area contributed by atoms with Crippen molar-refractivity contribution in [2.45, 2.75) is 37.4 Å². The lowest BCUT2D eigenvalue weighted by Gasteiger charge is -2.14. The Kier molecular flexibility index (Phi) is 13.2. The number of unbranched alkanes of at least 4 members (excludes halogenated alkanes) is 1. The number of aliphatic imine (C=N–C) groups is 1. The smallest absolute Gasteiger partial charge is 0.191 e. The van der Waals surface area contributed by atoms with Gasteiger partial charge in [-0.1, -0.05) is 30.3 Å². The van der Waals surface area contributed by atoms with Crippen molar-refractivity contribution in [3.8, 4) is 0 Å². The Labute approximate surface area is 174 Å². The molecule has 0 radical (unpaired) electrons. The van der Waals surface area contributed by atoms with Crippen LogP contribution < -0.4 is 10.6 Å². The van der Waals surface area contributed by atoms with Crippen LogP contribution in [0, 0.1) is 0 Å². The van der Waals surface area contributed by atoms with Gasteiger partial charge in [0.2, 0.25) is 0 Å². The van der Waals surface area contributed by atoms with Crippen LogP contribution in [0.3, 0.4) is 0 Å². The number of ether oxygens (including phenoxy) is 1. The minimum atomic E-state index is 0. The second kappa shape index (κ2) is 14.7. The highest BCUT2D eigenvalue weighted by Crippen LogP contribution is 2.25. The molecule has 142 valence electrons. The van der Waals surface area contributed by atoms with Gasteiger partial charge in [0.25, 0.3) is 0 Å². The van der Waals surface area contributed by atoms with Crippen molar-refractivity contribution in [2.75, 3.05) is 39.1 Å². The van der Waals surface area contributed by atoms with E-state index < -0.39 is 0 Å². The second-order valence-corrected chi connectivity index (χ2v) is 7.48. The number of benzene rings is 1. The minimum absolute atomic E-state index is 0. The van der Waals surface area contributed by atoms with Gasteiger partial charge in [0.05, 0.1) is 6.61 Å². The Hall–Kier alpha value is -0.470. The van der Waals surface area contributed by atoms with Crippen molar-refractivity contribution >= 4 is 41.7 Å². The van der Waals surface area contributed by atoms with E-state index in [2.05, 4.69) is 51.7 Å². The minimum Gasteiger partial charge on any atom is -0.381 e. The van der Waals surface area contributed by atoms with Crippen molar-refractivity contribution in [3.63, 3.8) is 0 Å². The molecule has 0 saturated carbocycles. The summed E-state index contributed by atoms with van der Waals surface area (Å²) in [5.74, 6) is 2.23. The maximum Gasteiger partial charge on any atom is 0.191 e. The molecule has 0 aromatic heterocycles. The molecule has 1 fully saturated rings. The van der Waals surface area contributed by atoms with Crippen molar-refractivity contribution in [1.82, 2.24) is 10.6 Å². The molecule has 1 unspecified atom stereocenters. The van der Waals surface area contributed by atoms with Crippen LogP contribution >= 0.6 is 35.7 Å². The molecule has 1 aromatic rings.